The first-order valence-corrected chi connectivity index (χ1v) is 7.67. The molecule has 8 heteroatoms. The number of hydrogen-bond acceptors (Lipinski definition) is 4. The zero-order chi connectivity index (χ0) is 15.3. The monoisotopic (exact) mass is 316 g/mol. The minimum atomic E-state index is -3.67. The number of nitrogens with zero attached hydrogens (tertiary/aromatic N) is 1. The minimum Gasteiger partial charge on any atom is -0.403 e. The van der Waals surface area contributed by atoms with Crippen LogP contribution in [0.1, 0.15) is 13.8 Å². The lowest BCUT2D eigenvalue weighted by Gasteiger charge is -2.11. The number of nitrogens with one attached hydrogen (secondary N) is 1. The lowest BCUT2D eigenvalue weighted by atomic mass is 10.3. The summed E-state index contributed by atoms with van der Waals surface area (Å²) in [4.78, 5) is 4.02. The number of benzene rings is 1. The number of sulfonamides is 1. The van der Waals surface area contributed by atoms with Crippen LogP contribution in [0.5, 0.6) is 0 Å². The highest BCUT2D eigenvalue weighted by Crippen LogP contribution is 2.24. The average Bonchev–Trinajstić information content (AvgIpc) is 2.36. The summed E-state index contributed by atoms with van der Waals surface area (Å²) in [5.74, 6) is -0.0543. The van der Waals surface area contributed by atoms with Crippen LogP contribution in [0.25, 0.3) is 0 Å². The molecular formula is C12H17ClN4O2S. The Bertz CT molecular complexity index is 639. The first-order valence-electron chi connectivity index (χ1n) is 5.81. The molecule has 20 heavy (non-hydrogen) atoms. The average molecular weight is 317 g/mol. The number of amidine groups is 1. The van der Waals surface area contributed by atoms with Crippen LogP contribution in [0.2, 0.25) is 0 Å². The molecule has 0 spiro atoms. The van der Waals surface area contributed by atoms with E-state index in [2.05, 4.69) is 9.71 Å². The highest BCUT2D eigenvalue weighted by Gasteiger charge is 2.19. The fraction of sp³-hybridized carbons (Fsp3) is 0.250. The van der Waals surface area contributed by atoms with Crippen molar-refractivity contribution in [3.63, 3.8) is 0 Å². The van der Waals surface area contributed by atoms with Crippen molar-refractivity contribution in [1.29, 1.82) is 0 Å². The Labute approximate surface area is 123 Å². The predicted molar refractivity (Wildman–Crippen MR) is 81.3 cm³/mol. The second-order valence-electron chi connectivity index (χ2n) is 4.26. The molecule has 6 nitrogen and oxygen atoms in total. The first-order chi connectivity index (χ1) is 9.27. The molecule has 0 aliphatic carbocycles. The Morgan fingerprint density at radius 1 is 1.40 bits per heavy atom. The molecule has 5 N–H and O–H groups in total. The van der Waals surface area contributed by atoms with Gasteiger partial charge in [0.25, 0.3) is 0 Å². The molecule has 0 unspecified atom stereocenters. The molecule has 1 aromatic carbocycles. The highest BCUT2D eigenvalue weighted by atomic mass is 35.5. The van der Waals surface area contributed by atoms with E-state index in [-0.39, 0.29) is 27.5 Å². The molecule has 0 aromatic heterocycles. The Hall–Kier alpha value is -1.57. The van der Waals surface area contributed by atoms with Crippen molar-refractivity contribution in [3.05, 3.63) is 35.5 Å². The van der Waals surface area contributed by atoms with Crippen molar-refractivity contribution in [1.82, 2.24) is 4.72 Å². The molecule has 0 heterocycles. The fourth-order valence-electron chi connectivity index (χ4n) is 1.42. The molecule has 0 aliphatic heterocycles. The van der Waals surface area contributed by atoms with Crippen LogP contribution in [0.4, 0.5) is 5.69 Å². The fourth-order valence-corrected chi connectivity index (χ4v) is 2.86. The molecule has 0 atom stereocenters. The Morgan fingerprint density at radius 2 is 2.00 bits per heavy atom. The van der Waals surface area contributed by atoms with Gasteiger partial charge in [0.1, 0.15) is 10.7 Å². The van der Waals surface area contributed by atoms with Crippen molar-refractivity contribution >= 4 is 33.1 Å². The predicted octanol–water partition coefficient (Wildman–Crippen LogP) is 1.40. The number of rotatable bonds is 5. The molecule has 0 amide bonds. The largest absolute Gasteiger partial charge is 0.403 e. The summed E-state index contributed by atoms with van der Waals surface area (Å²) in [5, 5.41) is 0.0500. The van der Waals surface area contributed by atoms with E-state index in [1.165, 1.54) is 12.1 Å². The van der Waals surface area contributed by atoms with Crippen LogP contribution in [0, 0.1) is 0 Å². The van der Waals surface area contributed by atoms with Gasteiger partial charge < -0.3 is 11.5 Å². The molecule has 1 rings (SSSR count). The third kappa shape index (κ3) is 4.22. The Morgan fingerprint density at radius 3 is 2.55 bits per heavy atom. The maximum atomic E-state index is 12.2. The van der Waals surface area contributed by atoms with E-state index >= 15 is 0 Å². The maximum Gasteiger partial charge on any atom is 0.242 e. The summed E-state index contributed by atoms with van der Waals surface area (Å²) in [6.45, 7) is 3.46. The van der Waals surface area contributed by atoms with Crippen molar-refractivity contribution in [2.24, 2.45) is 16.5 Å². The molecule has 0 bridgehead atoms. The van der Waals surface area contributed by atoms with Gasteiger partial charge in [0.15, 0.2) is 0 Å². The van der Waals surface area contributed by atoms with E-state index in [1.807, 2.05) is 0 Å². The van der Waals surface area contributed by atoms with Gasteiger partial charge in [-0.25, -0.2) is 18.1 Å². The van der Waals surface area contributed by atoms with Crippen molar-refractivity contribution in [2.45, 2.75) is 24.8 Å². The van der Waals surface area contributed by atoms with E-state index in [4.69, 9.17) is 23.1 Å². The summed E-state index contributed by atoms with van der Waals surface area (Å²) in [6, 6.07) is 5.99. The zero-order valence-electron chi connectivity index (χ0n) is 11.2. The Balaban J connectivity index is 3.32. The van der Waals surface area contributed by atoms with Crippen LogP contribution < -0.4 is 16.2 Å². The Kier molecular flexibility index (Phi) is 5.55. The maximum absolute atomic E-state index is 12.2. The van der Waals surface area contributed by atoms with Crippen molar-refractivity contribution < 1.29 is 8.42 Å². The van der Waals surface area contributed by atoms with Gasteiger partial charge in [-0.15, -0.1) is 0 Å². The summed E-state index contributed by atoms with van der Waals surface area (Å²) < 4.78 is 26.9. The number of para-hydroxylation sites is 1. The molecule has 0 radical (unpaired) electrons. The second-order valence-corrected chi connectivity index (χ2v) is 6.34. The molecule has 0 saturated heterocycles. The molecule has 0 aliphatic rings. The van der Waals surface area contributed by atoms with Crippen LogP contribution in [0.3, 0.4) is 0 Å². The molecular weight excluding hydrogens is 300 g/mol. The van der Waals surface area contributed by atoms with E-state index < -0.39 is 10.0 Å². The SMILES string of the molecule is CC(C)NS(=O)(=O)c1ccccc1N=C(N)C(Cl)=CN. The lowest BCUT2D eigenvalue weighted by molar-refractivity contribution is 0.570. The molecule has 110 valence electrons. The number of nitrogens with two attached hydrogens (primary N) is 2. The van der Waals surface area contributed by atoms with Gasteiger partial charge in [-0.1, -0.05) is 23.7 Å². The van der Waals surface area contributed by atoms with Crippen LogP contribution >= 0.6 is 11.6 Å². The van der Waals surface area contributed by atoms with E-state index in [0.29, 0.717) is 0 Å². The highest BCUT2D eigenvalue weighted by molar-refractivity contribution is 7.89. The lowest BCUT2D eigenvalue weighted by Crippen LogP contribution is -2.30. The second kappa shape index (κ2) is 6.74. The summed E-state index contributed by atoms with van der Waals surface area (Å²) >= 11 is 5.73. The standard InChI is InChI=1S/C12H17ClN4O2S/c1-8(2)17-20(18,19)11-6-4-3-5-10(11)16-12(15)9(13)7-14/h3-8,17H,14H2,1-2H3,(H2,15,16). The number of halogens is 1. The van der Waals surface area contributed by atoms with Gasteiger partial charge in [-0.3, -0.25) is 0 Å². The van der Waals surface area contributed by atoms with E-state index in [1.54, 1.807) is 26.0 Å². The molecule has 0 fully saturated rings. The smallest absolute Gasteiger partial charge is 0.242 e. The molecule has 1 aromatic rings. The van der Waals surface area contributed by atoms with Crippen LogP contribution in [-0.2, 0) is 10.0 Å². The van der Waals surface area contributed by atoms with Gasteiger partial charge >= 0.3 is 0 Å². The van der Waals surface area contributed by atoms with Gasteiger partial charge in [-0.2, -0.15) is 0 Å². The van der Waals surface area contributed by atoms with Gasteiger partial charge in [0.2, 0.25) is 10.0 Å². The number of aliphatic imine (C=N–C) groups is 1. The summed E-state index contributed by atoms with van der Waals surface area (Å²) in [6.07, 6.45) is 1.09. The van der Waals surface area contributed by atoms with Gasteiger partial charge in [0, 0.05) is 12.2 Å². The normalized spacial score (nSPS) is 13.8. The zero-order valence-corrected chi connectivity index (χ0v) is 12.7. The third-order valence-electron chi connectivity index (χ3n) is 2.18. The van der Waals surface area contributed by atoms with Gasteiger partial charge in [0.05, 0.1) is 10.7 Å². The van der Waals surface area contributed by atoms with Crippen molar-refractivity contribution in [3.8, 4) is 0 Å². The van der Waals surface area contributed by atoms with Crippen LogP contribution in [0.15, 0.2) is 45.4 Å². The topological polar surface area (TPSA) is 111 Å². The van der Waals surface area contributed by atoms with Crippen LogP contribution in [-0.4, -0.2) is 20.3 Å². The number of hydrogen-bond donors (Lipinski definition) is 3. The van der Waals surface area contributed by atoms with E-state index in [0.717, 1.165) is 6.20 Å². The summed E-state index contributed by atoms with van der Waals surface area (Å²) in [7, 11) is -3.67. The third-order valence-corrected chi connectivity index (χ3v) is 4.20. The van der Waals surface area contributed by atoms with Crippen molar-refractivity contribution in [2.75, 3.05) is 0 Å². The first kappa shape index (κ1) is 16.5. The quantitative estimate of drug-likeness (QED) is 0.563. The summed E-state index contributed by atoms with van der Waals surface area (Å²) in [5.41, 5.74) is 11.1. The van der Waals surface area contributed by atoms with E-state index in [9.17, 15) is 8.42 Å². The molecule has 0 saturated carbocycles. The minimum absolute atomic E-state index is 0.0261. The van der Waals surface area contributed by atoms with Gasteiger partial charge in [-0.05, 0) is 26.0 Å².